The fourth-order valence-corrected chi connectivity index (χ4v) is 1.53. The van der Waals surface area contributed by atoms with Crippen LogP contribution in [0.2, 0.25) is 0 Å². The van der Waals surface area contributed by atoms with Gasteiger partial charge in [-0.2, -0.15) is 0 Å². The first-order chi connectivity index (χ1) is 5.47. The molecule has 0 unspecified atom stereocenters. The van der Waals surface area contributed by atoms with Crippen molar-refractivity contribution in [3.63, 3.8) is 0 Å². The second kappa shape index (κ2) is 2.91. The minimum atomic E-state index is 1.21. The third-order valence-electron chi connectivity index (χ3n) is 2.13. The van der Waals surface area contributed by atoms with Gasteiger partial charge in [-0.3, -0.25) is 0 Å². The lowest BCUT2D eigenvalue weighted by Crippen LogP contribution is -2.18. The maximum Gasteiger partial charge on any atom is 0.244 e. The third kappa shape index (κ3) is 1.34. The van der Waals surface area contributed by atoms with Gasteiger partial charge < -0.3 is 4.90 Å². The van der Waals surface area contributed by atoms with Crippen LogP contribution in [0.1, 0.15) is 12.8 Å². The first-order valence-electron chi connectivity index (χ1n) is 4.12. The van der Waals surface area contributed by atoms with Crippen LogP contribution in [0.5, 0.6) is 0 Å². The topological polar surface area (TPSA) is 17.3 Å². The van der Waals surface area contributed by atoms with Gasteiger partial charge in [0.25, 0.3) is 0 Å². The Kier molecular flexibility index (Phi) is 1.76. The van der Waals surface area contributed by atoms with Gasteiger partial charge in [-0.1, -0.05) is 0 Å². The maximum atomic E-state index is 3.99. The molecule has 0 atom stereocenters. The molecule has 57 valence electrons. The Morgan fingerprint density at radius 3 is 2.73 bits per heavy atom. The van der Waals surface area contributed by atoms with Gasteiger partial charge in [0, 0.05) is 30.9 Å². The monoisotopic (exact) mass is 148 g/mol. The SMILES string of the molecule is C1=CC(N2CCCC2)=CC=[N+]1. The second-order valence-electron chi connectivity index (χ2n) is 2.90. The van der Waals surface area contributed by atoms with E-state index in [-0.39, 0.29) is 0 Å². The molecule has 11 heavy (non-hydrogen) atoms. The van der Waals surface area contributed by atoms with E-state index in [0.29, 0.717) is 0 Å². The van der Waals surface area contributed by atoms with Crippen LogP contribution in [0.3, 0.4) is 0 Å². The highest BCUT2D eigenvalue weighted by Crippen LogP contribution is 2.15. The zero-order valence-corrected chi connectivity index (χ0v) is 6.53. The molecule has 2 aliphatic heterocycles. The fourth-order valence-electron chi connectivity index (χ4n) is 1.53. The van der Waals surface area contributed by atoms with E-state index < -0.39 is 0 Å². The van der Waals surface area contributed by atoms with Crippen molar-refractivity contribution in [1.29, 1.82) is 0 Å². The summed E-state index contributed by atoms with van der Waals surface area (Å²) in [6, 6.07) is 0. The Morgan fingerprint density at radius 1 is 1.27 bits per heavy atom. The second-order valence-corrected chi connectivity index (χ2v) is 2.90. The predicted molar refractivity (Wildman–Crippen MR) is 46.2 cm³/mol. The van der Waals surface area contributed by atoms with E-state index in [2.05, 4.69) is 22.0 Å². The van der Waals surface area contributed by atoms with Crippen LogP contribution in [0.25, 0.3) is 0 Å². The summed E-state index contributed by atoms with van der Waals surface area (Å²) in [4.78, 5) is 6.39. The van der Waals surface area contributed by atoms with E-state index in [1.165, 1.54) is 31.6 Å². The summed E-state index contributed by atoms with van der Waals surface area (Å²) in [6.45, 7) is 2.42. The molecule has 0 aromatic rings. The number of nitrogens with zero attached hydrogens (tertiary/aromatic N) is 2. The summed E-state index contributed by atoms with van der Waals surface area (Å²) in [5.74, 6) is 0. The number of hydrogen-bond acceptors (Lipinski definition) is 2. The van der Waals surface area contributed by atoms with Gasteiger partial charge in [0.1, 0.15) is 0 Å². The molecular formula is C9H12N2+. The average Bonchev–Trinajstić information content (AvgIpc) is 2.58. The molecule has 1 fully saturated rings. The molecule has 0 aliphatic carbocycles. The molecule has 0 aromatic carbocycles. The first-order valence-corrected chi connectivity index (χ1v) is 4.12. The predicted octanol–water partition coefficient (Wildman–Crippen LogP) is 0.900. The Morgan fingerprint density at radius 2 is 2.09 bits per heavy atom. The van der Waals surface area contributed by atoms with E-state index >= 15 is 0 Å². The van der Waals surface area contributed by atoms with Crippen LogP contribution in [-0.2, 0) is 0 Å². The van der Waals surface area contributed by atoms with Gasteiger partial charge in [0.05, 0.1) is 4.99 Å². The molecule has 1 radical (unpaired) electrons. The number of likely N-dealkylation sites (tertiary alicyclic amines) is 1. The van der Waals surface area contributed by atoms with Gasteiger partial charge >= 0.3 is 0 Å². The molecule has 0 N–H and O–H groups in total. The van der Waals surface area contributed by atoms with Crippen LogP contribution < -0.4 is 4.99 Å². The van der Waals surface area contributed by atoms with Gasteiger partial charge in [-0.25, -0.2) is 0 Å². The standard InChI is InChI=1S/C9H12N2/c1-2-8-11(7-1)9-3-5-10-6-4-9/h3-6H,1-2,7-8H2/q+1. The van der Waals surface area contributed by atoms with Crippen LogP contribution >= 0.6 is 0 Å². The lowest BCUT2D eigenvalue weighted by molar-refractivity contribution is 0.440. The molecule has 2 rings (SSSR count). The Hall–Kier alpha value is -1.05. The van der Waals surface area contributed by atoms with Crippen molar-refractivity contribution in [1.82, 2.24) is 9.89 Å². The highest BCUT2D eigenvalue weighted by Gasteiger charge is 2.14. The Balaban J connectivity index is 2.09. The smallest absolute Gasteiger partial charge is 0.244 e. The summed E-state index contributed by atoms with van der Waals surface area (Å²) >= 11 is 0. The third-order valence-corrected chi connectivity index (χ3v) is 2.13. The molecule has 0 bridgehead atoms. The molecule has 0 saturated carbocycles. The van der Waals surface area contributed by atoms with Crippen LogP contribution in [0.15, 0.2) is 24.0 Å². The van der Waals surface area contributed by atoms with Crippen molar-refractivity contribution in [3.05, 3.63) is 24.0 Å². The lowest BCUT2D eigenvalue weighted by atomic mass is 10.3. The zero-order chi connectivity index (χ0) is 7.52. The van der Waals surface area contributed by atoms with E-state index in [4.69, 9.17) is 0 Å². The number of allylic oxidation sites excluding steroid dienone is 2. The van der Waals surface area contributed by atoms with Crippen LogP contribution in [-0.4, -0.2) is 24.2 Å². The molecule has 0 aromatic heterocycles. The van der Waals surface area contributed by atoms with Crippen molar-refractivity contribution in [3.8, 4) is 0 Å². The minimum absolute atomic E-state index is 1.21. The Labute approximate surface area is 66.9 Å². The molecular weight excluding hydrogens is 136 g/mol. The summed E-state index contributed by atoms with van der Waals surface area (Å²) in [6.07, 6.45) is 10.5. The van der Waals surface area contributed by atoms with Crippen molar-refractivity contribution in [2.75, 3.05) is 13.1 Å². The van der Waals surface area contributed by atoms with Crippen molar-refractivity contribution < 1.29 is 0 Å². The molecule has 2 heterocycles. The highest BCUT2D eigenvalue weighted by molar-refractivity contribution is 5.73. The number of aliphatic imine (C=N–C) groups is 1. The number of rotatable bonds is 1. The van der Waals surface area contributed by atoms with E-state index in [1.807, 2.05) is 12.4 Å². The van der Waals surface area contributed by atoms with Gasteiger partial charge in [0.2, 0.25) is 12.4 Å². The minimum Gasteiger partial charge on any atom is -0.371 e. The van der Waals surface area contributed by atoms with Gasteiger partial charge in [-0.05, 0) is 12.8 Å². The zero-order valence-electron chi connectivity index (χ0n) is 6.53. The van der Waals surface area contributed by atoms with Crippen LogP contribution in [0.4, 0.5) is 0 Å². The van der Waals surface area contributed by atoms with Crippen molar-refractivity contribution in [2.24, 2.45) is 0 Å². The highest BCUT2D eigenvalue weighted by atomic mass is 15.1. The molecule has 2 aliphatic rings. The fraction of sp³-hybridized carbons (Fsp3) is 0.444. The van der Waals surface area contributed by atoms with Gasteiger partial charge in [-0.15, -0.1) is 0 Å². The summed E-state index contributed by atoms with van der Waals surface area (Å²) < 4.78 is 0. The molecule has 0 amide bonds. The largest absolute Gasteiger partial charge is 0.371 e. The summed E-state index contributed by atoms with van der Waals surface area (Å²) in [5, 5.41) is 0. The normalized spacial score (nSPS) is 22.5. The van der Waals surface area contributed by atoms with E-state index in [1.54, 1.807) is 0 Å². The molecule has 1 saturated heterocycles. The molecule has 2 heteroatoms. The van der Waals surface area contributed by atoms with E-state index in [9.17, 15) is 0 Å². The first kappa shape index (κ1) is 6.65. The quantitative estimate of drug-likeness (QED) is 0.540. The summed E-state index contributed by atoms with van der Waals surface area (Å²) in [7, 11) is 0. The lowest BCUT2D eigenvalue weighted by Gasteiger charge is -2.16. The molecule has 2 nitrogen and oxygen atoms in total. The Bertz CT molecular complexity index is 220. The van der Waals surface area contributed by atoms with E-state index in [0.717, 1.165) is 0 Å². The maximum absolute atomic E-state index is 3.99. The summed E-state index contributed by atoms with van der Waals surface area (Å²) in [5.41, 5.74) is 1.32. The van der Waals surface area contributed by atoms with Crippen molar-refractivity contribution >= 4 is 6.21 Å². The molecule has 0 spiro atoms. The van der Waals surface area contributed by atoms with Crippen molar-refractivity contribution in [2.45, 2.75) is 12.8 Å². The van der Waals surface area contributed by atoms with Crippen LogP contribution in [0, 0.1) is 0 Å². The average molecular weight is 148 g/mol. The van der Waals surface area contributed by atoms with Gasteiger partial charge in [0.15, 0.2) is 0 Å². The number of hydrogen-bond donors (Lipinski definition) is 0.